The second-order valence-corrected chi connectivity index (χ2v) is 3.87. The minimum Gasteiger partial charge on any atom is -0.380 e. The van der Waals surface area contributed by atoms with Gasteiger partial charge in [-0.25, -0.2) is 4.68 Å². The summed E-state index contributed by atoms with van der Waals surface area (Å²) < 4.78 is 3.30. The maximum Gasteiger partial charge on any atom is 0.175 e. The Morgan fingerprint density at radius 3 is 2.94 bits per heavy atom. The molecule has 0 spiro atoms. The number of nitrogens with two attached hydrogens (primary N) is 1. The van der Waals surface area contributed by atoms with Crippen molar-refractivity contribution < 1.29 is 0 Å². The molecule has 2 aromatic rings. The highest BCUT2D eigenvalue weighted by Crippen LogP contribution is 2.23. The molecule has 7 heteroatoms. The fraction of sp³-hybridized carbons (Fsp3) is 0.222. The van der Waals surface area contributed by atoms with Crippen LogP contribution in [0, 0.1) is 0 Å². The predicted molar refractivity (Wildman–Crippen MR) is 61.6 cm³/mol. The van der Waals surface area contributed by atoms with Gasteiger partial charge in [-0.3, -0.25) is 4.68 Å². The van der Waals surface area contributed by atoms with E-state index in [4.69, 9.17) is 17.3 Å². The van der Waals surface area contributed by atoms with Gasteiger partial charge in [0.1, 0.15) is 5.69 Å². The summed E-state index contributed by atoms with van der Waals surface area (Å²) in [4.78, 5) is 0. The highest BCUT2D eigenvalue weighted by atomic mass is 35.5. The average molecular weight is 239 g/mol. The van der Waals surface area contributed by atoms with E-state index in [2.05, 4.69) is 22.0 Å². The van der Waals surface area contributed by atoms with Gasteiger partial charge in [-0.2, -0.15) is 5.10 Å². The van der Waals surface area contributed by atoms with Crippen LogP contribution >= 0.6 is 11.6 Å². The van der Waals surface area contributed by atoms with E-state index in [1.807, 2.05) is 13.1 Å². The normalized spacial score (nSPS) is 10.6. The summed E-state index contributed by atoms with van der Waals surface area (Å²) in [6.07, 6.45) is 1.68. The van der Waals surface area contributed by atoms with E-state index in [0.717, 1.165) is 5.69 Å². The zero-order chi connectivity index (χ0) is 11.7. The highest BCUT2D eigenvalue weighted by molar-refractivity contribution is 6.29. The number of rotatable bonds is 3. The van der Waals surface area contributed by atoms with Crippen molar-refractivity contribution in [1.82, 2.24) is 24.8 Å². The van der Waals surface area contributed by atoms with Crippen LogP contribution < -0.4 is 5.73 Å². The molecule has 2 heterocycles. The molecule has 0 radical (unpaired) electrons. The number of nitrogen functional groups attached to an aromatic ring is 1. The zero-order valence-electron chi connectivity index (χ0n) is 8.76. The molecule has 0 unspecified atom stereocenters. The summed E-state index contributed by atoms with van der Waals surface area (Å²) in [6.45, 7) is 3.99. The molecule has 84 valence electrons. The quantitative estimate of drug-likeness (QED) is 0.866. The molecule has 16 heavy (non-hydrogen) atoms. The van der Waals surface area contributed by atoms with Gasteiger partial charge in [0.05, 0.1) is 12.2 Å². The molecule has 2 rings (SSSR count). The van der Waals surface area contributed by atoms with E-state index in [1.54, 1.807) is 15.6 Å². The topological polar surface area (TPSA) is 74.6 Å². The Kier molecular flexibility index (Phi) is 2.66. The molecule has 6 nitrogen and oxygen atoms in total. The van der Waals surface area contributed by atoms with E-state index in [0.29, 0.717) is 23.1 Å². The van der Waals surface area contributed by atoms with Crippen LogP contribution in [0.4, 0.5) is 5.82 Å². The van der Waals surface area contributed by atoms with Gasteiger partial charge in [0.2, 0.25) is 0 Å². The summed E-state index contributed by atoms with van der Waals surface area (Å²) in [5.74, 6) is 0.349. The van der Waals surface area contributed by atoms with Crippen LogP contribution in [0.25, 0.3) is 11.4 Å². The van der Waals surface area contributed by atoms with E-state index in [1.165, 1.54) is 0 Å². The van der Waals surface area contributed by atoms with E-state index >= 15 is 0 Å². The first-order chi connectivity index (χ1) is 7.59. The van der Waals surface area contributed by atoms with Crippen LogP contribution in [-0.2, 0) is 13.6 Å². The van der Waals surface area contributed by atoms with Crippen molar-refractivity contribution in [3.8, 4) is 11.4 Å². The average Bonchev–Trinajstić information content (AvgIpc) is 2.73. The molecule has 0 aliphatic rings. The summed E-state index contributed by atoms with van der Waals surface area (Å²) in [5, 5.41) is 12.3. The van der Waals surface area contributed by atoms with E-state index < -0.39 is 0 Å². The Morgan fingerprint density at radius 2 is 2.38 bits per heavy atom. The van der Waals surface area contributed by atoms with Crippen molar-refractivity contribution in [3.05, 3.63) is 23.9 Å². The van der Waals surface area contributed by atoms with Gasteiger partial charge in [0.15, 0.2) is 5.82 Å². The first-order valence-corrected chi connectivity index (χ1v) is 4.98. The number of halogens is 1. The van der Waals surface area contributed by atoms with Crippen LogP contribution in [0.15, 0.2) is 23.9 Å². The number of hydrogen-bond acceptors (Lipinski definition) is 4. The van der Waals surface area contributed by atoms with Crippen molar-refractivity contribution in [2.24, 2.45) is 7.05 Å². The Balaban J connectivity index is 2.51. The van der Waals surface area contributed by atoms with Gasteiger partial charge in [-0.05, 0) is 6.07 Å². The third-order valence-corrected chi connectivity index (χ3v) is 2.27. The molecule has 0 saturated heterocycles. The number of aryl methyl sites for hydroxylation is 1. The van der Waals surface area contributed by atoms with E-state index in [9.17, 15) is 0 Å². The Morgan fingerprint density at radius 1 is 1.62 bits per heavy atom. The van der Waals surface area contributed by atoms with Crippen LogP contribution in [-0.4, -0.2) is 24.8 Å². The first-order valence-electron chi connectivity index (χ1n) is 4.60. The maximum absolute atomic E-state index is 5.77. The highest BCUT2D eigenvalue weighted by Gasteiger charge is 2.15. The van der Waals surface area contributed by atoms with Gasteiger partial charge in [0, 0.05) is 18.3 Å². The summed E-state index contributed by atoms with van der Waals surface area (Å²) in [5.41, 5.74) is 7.30. The standard InChI is InChI=1S/C9H11ClN6/c1-6(10)5-16-8(9(11)13-14-16)7-3-4-12-15(7)2/h3-4H,1,5,11H2,2H3. The fourth-order valence-corrected chi connectivity index (χ4v) is 1.58. The first kappa shape index (κ1) is 10.7. The van der Waals surface area contributed by atoms with Crippen molar-refractivity contribution in [2.75, 3.05) is 5.73 Å². The van der Waals surface area contributed by atoms with Crippen LogP contribution in [0.2, 0.25) is 0 Å². The molecule has 0 aliphatic heterocycles. The Hall–Kier alpha value is -1.82. The smallest absolute Gasteiger partial charge is 0.175 e. The Bertz CT molecular complexity index is 526. The van der Waals surface area contributed by atoms with Gasteiger partial charge in [0.25, 0.3) is 0 Å². The third kappa shape index (κ3) is 1.79. The summed E-state index contributed by atoms with van der Waals surface area (Å²) >= 11 is 5.75. The molecule has 0 fully saturated rings. The van der Waals surface area contributed by atoms with Crippen molar-refractivity contribution in [3.63, 3.8) is 0 Å². The molecule has 2 aromatic heterocycles. The maximum atomic E-state index is 5.77. The van der Waals surface area contributed by atoms with Crippen LogP contribution in [0.5, 0.6) is 0 Å². The van der Waals surface area contributed by atoms with Gasteiger partial charge in [-0.15, -0.1) is 5.10 Å². The van der Waals surface area contributed by atoms with E-state index in [-0.39, 0.29) is 0 Å². The lowest BCUT2D eigenvalue weighted by molar-refractivity contribution is 0.655. The number of allylic oxidation sites excluding steroid dienone is 1. The van der Waals surface area contributed by atoms with Crippen molar-refractivity contribution in [1.29, 1.82) is 0 Å². The SMILES string of the molecule is C=C(Cl)Cn1nnc(N)c1-c1ccnn1C. The monoisotopic (exact) mass is 238 g/mol. The molecule has 0 saturated carbocycles. The largest absolute Gasteiger partial charge is 0.380 e. The van der Waals surface area contributed by atoms with Crippen molar-refractivity contribution in [2.45, 2.75) is 6.54 Å². The lowest BCUT2D eigenvalue weighted by atomic mass is 10.3. The Labute approximate surface area is 97.3 Å². The second-order valence-electron chi connectivity index (χ2n) is 3.34. The fourth-order valence-electron chi connectivity index (χ4n) is 1.47. The summed E-state index contributed by atoms with van der Waals surface area (Å²) in [6, 6.07) is 1.84. The van der Waals surface area contributed by atoms with Gasteiger partial charge >= 0.3 is 0 Å². The molecule has 0 atom stereocenters. The molecular formula is C9H11ClN6. The number of nitrogens with zero attached hydrogens (tertiary/aromatic N) is 5. The molecule has 2 N–H and O–H groups in total. The van der Waals surface area contributed by atoms with Gasteiger partial charge in [-0.1, -0.05) is 23.4 Å². The zero-order valence-corrected chi connectivity index (χ0v) is 9.52. The molecule has 0 amide bonds. The molecular weight excluding hydrogens is 228 g/mol. The lowest BCUT2D eigenvalue weighted by Crippen LogP contribution is -2.05. The molecule has 0 aliphatic carbocycles. The minimum atomic E-state index is 0.349. The number of anilines is 1. The third-order valence-electron chi connectivity index (χ3n) is 2.15. The minimum absolute atomic E-state index is 0.349. The van der Waals surface area contributed by atoms with Gasteiger partial charge < -0.3 is 5.73 Å². The lowest BCUT2D eigenvalue weighted by Gasteiger charge is -2.05. The molecule has 0 aromatic carbocycles. The number of aromatic nitrogens is 5. The summed E-state index contributed by atoms with van der Waals surface area (Å²) in [7, 11) is 1.82. The van der Waals surface area contributed by atoms with Crippen LogP contribution in [0.3, 0.4) is 0 Å². The predicted octanol–water partition coefficient (Wildman–Crippen LogP) is 1.01. The van der Waals surface area contributed by atoms with Crippen LogP contribution in [0.1, 0.15) is 0 Å². The molecule has 0 bridgehead atoms. The number of hydrogen-bond donors (Lipinski definition) is 1. The van der Waals surface area contributed by atoms with Crippen molar-refractivity contribution >= 4 is 17.4 Å². The second kappa shape index (κ2) is 3.97.